The zero-order valence-electron chi connectivity index (χ0n) is 15.2. The minimum absolute atomic E-state index is 0.214. The Kier molecular flexibility index (Phi) is 6.12. The number of aryl methyl sites for hydroxylation is 1. The lowest BCUT2D eigenvalue weighted by Crippen LogP contribution is -2.27. The van der Waals surface area contributed by atoms with Gasteiger partial charge in [0, 0.05) is 18.7 Å². The van der Waals surface area contributed by atoms with Crippen molar-refractivity contribution in [3.8, 4) is 11.5 Å². The average molecular weight is 397 g/mol. The van der Waals surface area contributed by atoms with Crippen molar-refractivity contribution in [3.05, 3.63) is 47.2 Å². The molecule has 0 aliphatic heterocycles. The van der Waals surface area contributed by atoms with Crippen LogP contribution in [0.5, 0.6) is 11.5 Å². The van der Waals surface area contributed by atoms with Gasteiger partial charge >= 0.3 is 6.36 Å². The number of benzene rings is 1. The molecule has 0 aliphatic rings. The minimum Gasteiger partial charge on any atom is -0.507 e. The van der Waals surface area contributed by atoms with Gasteiger partial charge in [-0.1, -0.05) is 0 Å². The molecule has 1 heterocycles. The van der Waals surface area contributed by atoms with E-state index in [2.05, 4.69) is 20.4 Å². The fourth-order valence-electron chi connectivity index (χ4n) is 2.45. The summed E-state index contributed by atoms with van der Waals surface area (Å²) in [5, 5.41) is 15.0. The molecule has 150 valence electrons. The molecule has 0 radical (unpaired) electrons. The van der Waals surface area contributed by atoms with E-state index in [9.17, 15) is 27.9 Å². The SMILES string of the molecule is CC(=O)Nc1cc(C(C)NC(=O)c2ccc(OC(F)(F)F)cc2O)cc(C)n1. The van der Waals surface area contributed by atoms with E-state index in [1.165, 1.54) is 6.92 Å². The number of ether oxygens (including phenoxy) is 1. The first-order valence-electron chi connectivity index (χ1n) is 8.10. The number of rotatable bonds is 5. The standard InChI is InChI=1S/C18H18F3N3O4/c1-9-6-12(7-16(22-9)24-11(3)25)10(2)23-17(27)14-5-4-13(8-15(14)26)28-18(19,20)21/h4-8,10,26H,1-3H3,(H,23,27)(H,22,24,25). The predicted octanol–water partition coefficient (Wildman–Crippen LogP) is 3.44. The first-order chi connectivity index (χ1) is 12.9. The maximum atomic E-state index is 12.4. The number of phenols is 1. The molecule has 0 bridgehead atoms. The number of aromatic nitrogens is 1. The van der Waals surface area contributed by atoms with Crippen LogP contribution in [0.15, 0.2) is 30.3 Å². The molecule has 10 heteroatoms. The van der Waals surface area contributed by atoms with Crippen molar-refractivity contribution >= 4 is 17.6 Å². The summed E-state index contributed by atoms with van der Waals surface area (Å²) in [4.78, 5) is 27.7. The third-order valence-electron chi connectivity index (χ3n) is 3.57. The van der Waals surface area contributed by atoms with Crippen LogP contribution >= 0.6 is 0 Å². The van der Waals surface area contributed by atoms with Crippen molar-refractivity contribution in [2.24, 2.45) is 0 Å². The molecule has 0 saturated heterocycles. The summed E-state index contributed by atoms with van der Waals surface area (Å²) in [6.45, 7) is 4.72. The predicted molar refractivity (Wildman–Crippen MR) is 93.9 cm³/mol. The number of hydrogen-bond acceptors (Lipinski definition) is 5. The number of pyridine rings is 1. The van der Waals surface area contributed by atoms with Crippen molar-refractivity contribution in [3.63, 3.8) is 0 Å². The van der Waals surface area contributed by atoms with Crippen LogP contribution in [-0.2, 0) is 4.79 Å². The van der Waals surface area contributed by atoms with Crippen molar-refractivity contribution < 1.29 is 32.6 Å². The summed E-state index contributed by atoms with van der Waals surface area (Å²) < 4.78 is 40.4. The van der Waals surface area contributed by atoms with E-state index < -0.39 is 29.8 Å². The normalized spacial score (nSPS) is 12.2. The molecule has 28 heavy (non-hydrogen) atoms. The summed E-state index contributed by atoms with van der Waals surface area (Å²) in [5.74, 6) is -1.97. The van der Waals surface area contributed by atoms with Crippen LogP contribution in [0.2, 0.25) is 0 Å². The molecule has 7 nitrogen and oxygen atoms in total. The van der Waals surface area contributed by atoms with Gasteiger partial charge in [-0.25, -0.2) is 4.98 Å². The van der Waals surface area contributed by atoms with Gasteiger partial charge in [-0.05, 0) is 43.7 Å². The molecule has 2 amide bonds. The number of halogens is 3. The van der Waals surface area contributed by atoms with Crippen LogP contribution < -0.4 is 15.4 Å². The average Bonchev–Trinajstić information content (AvgIpc) is 2.51. The van der Waals surface area contributed by atoms with E-state index in [0.29, 0.717) is 23.1 Å². The summed E-state index contributed by atoms with van der Waals surface area (Å²) in [6.07, 6.45) is -4.91. The van der Waals surface area contributed by atoms with Gasteiger partial charge in [-0.2, -0.15) is 0 Å². The molecule has 2 rings (SSSR count). The minimum atomic E-state index is -4.91. The first kappa shape index (κ1) is 21.0. The Morgan fingerprint density at radius 3 is 2.46 bits per heavy atom. The Balaban J connectivity index is 2.16. The van der Waals surface area contributed by atoms with Crippen molar-refractivity contribution in [2.75, 3.05) is 5.32 Å². The molecular formula is C18H18F3N3O4. The number of aromatic hydroxyl groups is 1. The summed E-state index contributed by atoms with van der Waals surface area (Å²) in [5.41, 5.74) is 1.04. The van der Waals surface area contributed by atoms with E-state index >= 15 is 0 Å². The molecule has 1 atom stereocenters. The van der Waals surface area contributed by atoms with E-state index in [0.717, 1.165) is 12.1 Å². The maximum Gasteiger partial charge on any atom is 0.573 e. The van der Waals surface area contributed by atoms with Gasteiger partial charge in [0.2, 0.25) is 5.91 Å². The Morgan fingerprint density at radius 1 is 1.21 bits per heavy atom. The lowest BCUT2D eigenvalue weighted by atomic mass is 10.1. The second kappa shape index (κ2) is 8.15. The number of alkyl halides is 3. The van der Waals surface area contributed by atoms with Gasteiger partial charge in [0.05, 0.1) is 11.6 Å². The van der Waals surface area contributed by atoms with Crippen molar-refractivity contribution in [2.45, 2.75) is 33.2 Å². The molecule has 0 spiro atoms. The van der Waals surface area contributed by atoms with Crippen LogP contribution in [0.4, 0.5) is 19.0 Å². The zero-order chi connectivity index (χ0) is 21.1. The van der Waals surface area contributed by atoms with E-state index in [1.807, 2.05) is 0 Å². The maximum absolute atomic E-state index is 12.4. The molecule has 2 aromatic rings. The molecular weight excluding hydrogens is 379 g/mol. The third kappa shape index (κ3) is 5.86. The topological polar surface area (TPSA) is 101 Å². The number of carbonyl (C=O) groups excluding carboxylic acids is 2. The second-order valence-electron chi connectivity index (χ2n) is 6.03. The Labute approximate surface area is 158 Å². The third-order valence-corrected chi connectivity index (χ3v) is 3.57. The van der Waals surface area contributed by atoms with Crippen LogP contribution in [0.1, 0.15) is 41.5 Å². The molecule has 3 N–H and O–H groups in total. The fraction of sp³-hybridized carbons (Fsp3) is 0.278. The van der Waals surface area contributed by atoms with Crippen LogP contribution in [-0.4, -0.2) is 28.3 Å². The number of phenolic OH excluding ortho intramolecular Hbond substituents is 1. The lowest BCUT2D eigenvalue weighted by molar-refractivity contribution is -0.274. The highest BCUT2D eigenvalue weighted by Gasteiger charge is 2.31. The van der Waals surface area contributed by atoms with Gasteiger partial charge in [0.25, 0.3) is 5.91 Å². The van der Waals surface area contributed by atoms with E-state index in [1.54, 1.807) is 26.0 Å². The van der Waals surface area contributed by atoms with Crippen LogP contribution in [0.25, 0.3) is 0 Å². The molecule has 1 aromatic carbocycles. The van der Waals surface area contributed by atoms with Crippen LogP contribution in [0.3, 0.4) is 0 Å². The quantitative estimate of drug-likeness (QED) is 0.718. The number of amides is 2. The molecule has 0 aliphatic carbocycles. The summed E-state index contributed by atoms with van der Waals surface area (Å²) in [7, 11) is 0. The van der Waals surface area contributed by atoms with Gasteiger partial charge in [0.15, 0.2) is 0 Å². The van der Waals surface area contributed by atoms with Crippen molar-refractivity contribution in [1.29, 1.82) is 0 Å². The molecule has 0 saturated carbocycles. The van der Waals surface area contributed by atoms with Gasteiger partial charge in [-0.3, -0.25) is 9.59 Å². The van der Waals surface area contributed by atoms with Crippen LogP contribution in [0, 0.1) is 6.92 Å². The summed E-state index contributed by atoms with van der Waals surface area (Å²) >= 11 is 0. The first-order valence-corrected chi connectivity index (χ1v) is 8.10. The highest BCUT2D eigenvalue weighted by Crippen LogP contribution is 2.29. The second-order valence-corrected chi connectivity index (χ2v) is 6.03. The lowest BCUT2D eigenvalue weighted by Gasteiger charge is -2.17. The fourth-order valence-corrected chi connectivity index (χ4v) is 2.45. The van der Waals surface area contributed by atoms with E-state index in [-0.39, 0.29) is 11.5 Å². The van der Waals surface area contributed by atoms with Gasteiger partial charge in [0.1, 0.15) is 17.3 Å². The van der Waals surface area contributed by atoms with Gasteiger partial charge < -0.3 is 20.5 Å². The highest BCUT2D eigenvalue weighted by atomic mass is 19.4. The Morgan fingerprint density at radius 2 is 1.89 bits per heavy atom. The monoisotopic (exact) mass is 397 g/mol. The largest absolute Gasteiger partial charge is 0.573 e. The number of nitrogens with one attached hydrogen (secondary N) is 2. The highest BCUT2D eigenvalue weighted by molar-refractivity contribution is 5.97. The molecule has 1 aromatic heterocycles. The number of hydrogen-bond donors (Lipinski definition) is 3. The Bertz CT molecular complexity index is 900. The number of nitrogens with zero attached hydrogens (tertiary/aromatic N) is 1. The summed E-state index contributed by atoms with van der Waals surface area (Å²) in [6, 6.07) is 5.42. The number of carbonyl (C=O) groups is 2. The smallest absolute Gasteiger partial charge is 0.507 e. The van der Waals surface area contributed by atoms with E-state index in [4.69, 9.17) is 0 Å². The number of anilines is 1. The van der Waals surface area contributed by atoms with Gasteiger partial charge in [-0.15, -0.1) is 13.2 Å². The zero-order valence-corrected chi connectivity index (χ0v) is 15.2. The Hall–Kier alpha value is -3.30. The molecule has 0 fully saturated rings. The molecule has 1 unspecified atom stereocenters. The van der Waals surface area contributed by atoms with Crippen molar-refractivity contribution in [1.82, 2.24) is 10.3 Å².